The van der Waals surface area contributed by atoms with Gasteiger partial charge in [-0.3, -0.25) is 4.90 Å². The van der Waals surface area contributed by atoms with Gasteiger partial charge in [-0.1, -0.05) is 18.2 Å². The number of phenolic OH excluding ortho intramolecular Hbond substituents is 1. The van der Waals surface area contributed by atoms with Crippen LogP contribution in [0.5, 0.6) is 5.75 Å². The molecule has 28 heavy (non-hydrogen) atoms. The van der Waals surface area contributed by atoms with E-state index in [1.807, 2.05) is 6.92 Å². The van der Waals surface area contributed by atoms with Gasteiger partial charge in [-0.25, -0.2) is 4.39 Å². The topological polar surface area (TPSA) is 63.9 Å². The van der Waals surface area contributed by atoms with Crippen molar-refractivity contribution in [3.05, 3.63) is 65.0 Å². The molecule has 1 heterocycles. The first-order valence-corrected chi connectivity index (χ1v) is 9.98. The molecule has 3 N–H and O–H groups in total. The van der Waals surface area contributed by atoms with Crippen LogP contribution in [0.25, 0.3) is 0 Å². The van der Waals surface area contributed by atoms with Crippen LogP contribution in [0.2, 0.25) is 0 Å². The highest BCUT2D eigenvalue weighted by Crippen LogP contribution is 2.45. The zero-order valence-electron chi connectivity index (χ0n) is 16.2. The van der Waals surface area contributed by atoms with Crippen LogP contribution in [-0.2, 0) is 6.42 Å². The third kappa shape index (κ3) is 4.07. The van der Waals surface area contributed by atoms with E-state index >= 15 is 0 Å². The number of hydrogen-bond acceptors (Lipinski definition) is 4. The van der Waals surface area contributed by atoms with E-state index in [4.69, 9.17) is 0 Å². The predicted octanol–water partition coefficient (Wildman–Crippen LogP) is 3.19. The number of fused-ring (bicyclic) bond motifs is 1. The molecule has 3 atom stereocenters. The van der Waals surface area contributed by atoms with Gasteiger partial charge in [0, 0.05) is 26.1 Å². The number of nitrogens with zero attached hydrogens (tertiary/aromatic N) is 1. The van der Waals surface area contributed by atoms with Crippen LogP contribution in [0, 0.1) is 24.6 Å². The van der Waals surface area contributed by atoms with Gasteiger partial charge in [0.25, 0.3) is 0 Å². The second kappa shape index (κ2) is 7.47. The third-order valence-corrected chi connectivity index (χ3v) is 6.47. The Hall–Kier alpha value is -1.95. The molecule has 0 bridgehead atoms. The smallest absolute Gasteiger partial charge is 0.123 e. The molecule has 0 spiro atoms. The van der Waals surface area contributed by atoms with Gasteiger partial charge < -0.3 is 15.3 Å². The van der Waals surface area contributed by atoms with Gasteiger partial charge in [-0.05, 0) is 72.6 Å². The number of aliphatic hydroxyl groups is 2. The summed E-state index contributed by atoms with van der Waals surface area (Å²) in [5.41, 5.74) is 1.99. The Morgan fingerprint density at radius 3 is 2.36 bits per heavy atom. The highest BCUT2D eigenvalue weighted by molar-refractivity contribution is 5.29. The second-order valence-electron chi connectivity index (χ2n) is 8.73. The Morgan fingerprint density at radius 2 is 1.75 bits per heavy atom. The van der Waals surface area contributed by atoms with Crippen LogP contribution in [0.1, 0.15) is 35.6 Å². The largest absolute Gasteiger partial charge is 0.508 e. The molecule has 2 aromatic rings. The van der Waals surface area contributed by atoms with Crippen molar-refractivity contribution in [2.24, 2.45) is 11.8 Å². The van der Waals surface area contributed by atoms with Crippen LogP contribution >= 0.6 is 0 Å². The first-order chi connectivity index (χ1) is 13.3. The number of aryl methyl sites for hydroxylation is 1. The lowest BCUT2D eigenvalue weighted by Gasteiger charge is -2.27. The van der Waals surface area contributed by atoms with Crippen molar-refractivity contribution in [2.75, 3.05) is 19.6 Å². The van der Waals surface area contributed by atoms with E-state index in [2.05, 4.69) is 4.90 Å². The van der Waals surface area contributed by atoms with Crippen molar-refractivity contribution < 1.29 is 19.7 Å². The zero-order valence-corrected chi connectivity index (χ0v) is 16.2. The Kier molecular flexibility index (Phi) is 5.17. The van der Waals surface area contributed by atoms with Gasteiger partial charge in [0.05, 0.1) is 11.7 Å². The lowest BCUT2D eigenvalue weighted by atomic mass is 9.89. The summed E-state index contributed by atoms with van der Waals surface area (Å²) in [6.45, 7) is 4.21. The minimum Gasteiger partial charge on any atom is -0.508 e. The standard InChI is InChI=1S/C23H28FNO3/c1-15-8-20(24)5-2-17(15)9-23(28)10-18-12-25(13-19(18)11-23)14-22(27)16-3-6-21(26)7-4-16/h2-8,18-19,22,26-28H,9-14H2,1H3/t18-,19-,22-/m0/s1. The zero-order chi connectivity index (χ0) is 19.9. The van der Waals surface area contributed by atoms with Crippen molar-refractivity contribution in [3.63, 3.8) is 0 Å². The van der Waals surface area contributed by atoms with Gasteiger partial charge in [-0.15, -0.1) is 0 Å². The number of aromatic hydroxyl groups is 1. The molecule has 1 saturated heterocycles. The third-order valence-electron chi connectivity index (χ3n) is 6.47. The molecule has 1 aliphatic heterocycles. The molecule has 2 fully saturated rings. The number of β-amino-alcohol motifs (C(OH)–C–C–N with tert-alkyl or cyclic N) is 1. The highest BCUT2D eigenvalue weighted by atomic mass is 19.1. The monoisotopic (exact) mass is 385 g/mol. The number of phenols is 1. The van der Waals surface area contributed by atoms with Gasteiger partial charge in [0.1, 0.15) is 11.6 Å². The molecule has 0 aromatic heterocycles. The highest BCUT2D eigenvalue weighted by Gasteiger charge is 2.48. The van der Waals surface area contributed by atoms with Crippen LogP contribution in [-0.4, -0.2) is 45.5 Å². The molecule has 0 radical (unpaired) electrons. The number of likely N-dealkylation sites (tertiary alicyclic amines) is 1. The van der Waals surface area contributed by atoms with E-state index in [1.165, 1.54) is 12.1 Å². The summed E-state index contributed by atoms with van der Waals surface area (Å²) in [5.74, 6) is 0.817. The average molecular weight is 385 g/mol. The molecule has 0 amide bonds. The predicted molar refractivity (Wildman–Crippen MR) is 106 cm³/mol. The fourth-order valence-corrected chi connectivity index (χ4v) is 5.11. The number of hydrogen-bond donors (Lipinski definition) is 3. The van der Waals surface area contributed by atoms with E-state index in [0.29, 0.717) is 24.8 Å². The van der Waals surface area contributed by atoms with Crippen LogP contribution in [0.4, 0.5) is 4.39 Å². The normalized spacial score (nSPS) is 25.0. The second-order valence-corrected chi connectivity index (χ2v) is 8.73. The minimum atomic E-state index is -0.723. The Balaban J connectivity index is 1.34. The number of rotatable bonds is 5. The lowest BCUT2D eigenvalue weighted by Crippen LogP contribution is -2.33. The summed E-state index contributed by atoms with van der Waals surface area (Å²) in [7, 11) is 0. The molecule has 0 unspecified atom stereocenters. The summed E-state index contributed by atoms with van der Waals surface area (Å²) < 4.78 is 13.3. The fraction of sp³-hybridized carbons (Fsp3) is 0.478. The Bertz CT molecular complexity index is 824. The fourth-order valence-electron chi connectivity index (χ4n) is 5.11. The SMILES string of the molecule is Cc1cc(F)ccc1CC1(O)C[C@H]2CN(C[C@H](O)c3ccc(O)cc3)C[C@@H]2C1. The van der Waals surface area contributed by atoms with Crippen molar-refractivity contribution >= 4 is 0 Å². The molecule has 4 nitrogen and oxygen atoms in total. The molecule has 5 heteroatoms. The summed E-state index contributed by atoms with van der Waals surface area (Å²) in [5, 5.41) is 31.0. The van der Waals surface area contributed by atoms with Gasteiger partial charge in [0.15, 0.2) is 0 Å². The van der Waals surface area contributed by atoms with Crippen molar-refractivity contribution in [2.45, 2.75) is 37.9 Å². The number of aliphatic hydroxyl groups excluding tert-OH is 1. The quantitative estimate of drug-likeness (QED) is 0.740. The van der Waals surface area contributed by atoms with Crippen molar-refractivity contribution in [1.82, 2.24) is 4.90 Å². The van der Waals surface area contributed by atoms with Crippen molar-refractivity contribution in [1.29, 1.82) is 0 Å². The van der Waals surface area contributed by atoms with Crippen molar-refractivity contribution in [3.8, 4) is 5.75 Å². The Labute approximate surface area is 165 Å². The molecule has 150 valence electrons. The first-order valence-electron chi connectivity index (χ1n) is 9.98. The molecular weight excluding hydrogens is 357 g/mol. The van der Waals surface area contributed by atoms with Crippen LogP contribution in [0.15, 0.2) is 42.5 Å². The van der Waals surface area contributed by atoms with E-state index in [1.54, 1.807) is 30.3 Å². The maximum atomic E-state index is 13.3. The average Bonchev–Trinajstić information content (AvgIpc) is 3.12. The van der Waals surface area contributed by atoms with E-state index in [-0.39, 0.29) is 11.6 Å². The van der Waals surface area contributed by atoms with Gasteiger partial charge in [-0.2, -0.15) is 0 Å². The summed E-state index contributed by atoms with van der Waals surface area (Å²) in [6, 6.07) is 11.5. The van der Waals surface area contributed by atoms with E-state index < -0.39 is 11.7 Å². The van der Waals surface area contributed by atoms with Gasteiger partial charge >= 0.3 is 0 Å². The summed E-state index contributed by atoms with van der Waals surface area (Å²) >= 11 is 0. The van der Waals surface area contributed by atoms with Crippen LogP contribution < -0.4 is 0 Å². The lowest BCUT2D eigenvalue weighted by molar-refractivity contribution is 0.0327. The Morgan fingerprint density at radius 1 is 1.11 bits per heavy atom. The molecule has 1 saturated carbocycles. The summed E-state index contributed by atoms with van der Waals surface area (Å²) in [6.07, 6.45) is 1.49. The molecule has 2 aromatic carbocycles. The molecular formula is C23H28FNO3. The number of benzene rings is 2. The van der Waals surface area contributed by atoms with Gasteiger partial charge in [0.2, 0.25) is 0 Å². The maximum absolute atomic E-state index is 13.3. The molecule has 4 rings (SSSR count). The number of halogens is 1. The minimum absolute atomic E-state index is 0.197. The first kappa shape index (κ1) is 19.4. The van der Waals surface area contributed by atoms with E-state index in [0.717, 1.165) is 42.6 Å². The summed E-state index contributed by atoms with van der Waals surface area (Å²) in [4.78, 5) is 2.27. The maximum Gasteiger partial charge on any atom is 0.123 e. The molecule has 1 aliphatic carbocycles. The van der Waals surface area contributed by atoms with Crippen LogP contribution in [0.3, 0.4) is 0 Å². The molecule has 2 aliphatic rings. The van der Waals surface area contributed by atoms with E-state index in [9.17, 15) is 19.7 Å².